The second-order valence-electron chi connectivity index (χ2n) is 3.93. The lowest BCUT2D eigenvalue weighted by atomic mass is 9.93. The summed E-state index contributed by atoms with van der Waals surface area (Å²) < 4.78 is 0. The molecule has 1 saturated heterocycles. The molecule has 2 heterocycles. The first-order valence-electron chi connectivity index (χ1n) is 5.47. The average molecular weight is 194 g/mol. The Kier molecular flexibility index (Phi) is 2.54. The summed E-state index contributed by atoms with van der Waals surface area (Å²) in [6.07, 6.45) is 4.37. The highest BCUT2D eigenvalue weighted by molar-refractivity contribution is 5.09. The Morgan fingerprint density at radius 2 is 2.29 bits per heavy atom. The smallest absolute Gasteiger partial charge is 0.170 e. The number of nitrogens with one attached hydrogen (secondary N) is 2. The number of H-pyrrole nitrogens is 1. The Balaban J connectivity index is 2.26. The van der Waals surface area contributed by atoms with E-state index in [1.807, 2.05) is 0 Å². The van der Waals surface area contributed by atoms with Crippen molar-refractivity contribution >= 4 is 0 Å². The van der Waals surface area contributed by atoms with Crippen molar-refractivity contribution in [3.8, 4) is 0 Å². The van der Waals surface area contributed by atoms with E-state index in [0.29, 0.717) is 0 Å². The van der Waals surface area contributed by atoms with Crippen LogP contribution in [0, 0.1) is 0 Å². The third kappa shape index (κ3) is 1.43. The summed E-state index contributed by atoms with van der Waals surface area (Å²) >= 11 is 0. The molecule has 0 saturated carbocycles. The van der Waals surface area contributed by atoms with Crippen molar-refractivity contribution in [2.45, 2.75) is 45.1 Å². The quantitative estimate of drug-likeness (QED) is 0.763. The van der Waals surface area contributed by atoms with Crippen molar-refractivity contribution in [2.75, 3.05) is 6.54 Å². The van der Waals surface area contributed by atoms with Crippen molar-refractivity contribution < 1.29 is 0 Å². The van der Waals surface area contributed by atoms with Crippen LogP contribution >= 0.6 is 0 Å². The highest BCUT2D eigenvalue weighted by atomic mass is 15.2. The molecule has 4 nitrogen and oxygen atoms in total. The molecular weight excluding hydrogens is 176 g/mol. The standard InChI is InChI=1S/C10H18N4/c1-3-8-12-9(14-13-8)10(4-2)6-5-7-11-10/h11H,3-7H2,1-2H3,(H,12,13,14). The van der Waals surface area contributed by atoms with Crippen molar-refractivity contribution in [1.29, 1.82) is 0 Å². The van der Waals surface area contributed by atoms with E-state index >= 15 is 0 Å². The van der Waals surface area contributed by atoms with E-state index < -0.39 is 0 Å². The molecule has 1 atom stereocenters. The summed E-state index contributed by atoms with van der Waals surface area (Å²) in [6, 6.07) is 0. The van der Waals surface area contributed by atoms with Crippen LogP contribution in [0.4, 0.5) is 0 Å². The van der Waals surface area contributed by atoms with Crippen LogP contribution in [0.2, 0.25) is 0 Å². The zero-order chi connectivity index (χ0) is 10.0. The molecule has 1 aromatic heterocycles. The normalized spacial score (nSPS) is 27.0. The number of aryl methyl sites for hydroxylation is 1. The molecule has 78 valence electrons. The minimum Gasteiger partial charge on any atom is -0.305 e. The molecule has 2 rings (SSSR count). The Hall–Kier alpha value is -0.900. The van der Waals surface area contributed by atoms with E-state index in [2.05, 4.69) is 34.3 Å². The van der Waals surface area contributed by atoms with E-state index in [9.17, 15) is 0 Å². The zero-order valence-corrected chi connectivity index (χ0v) is 8.93. The molecule has 1 aliphatic heterocycles. The number of hydrogen-bond donors (Lipinski definition) is 2. The van der Waals surface area contributed by atoms with E-state index in [-0.39, 0.29) is 5.54 Å². The van der Waals surface area contributed by atoms with Gasteiger partial charge in [0.1, 0.15) is 5.82 Å². The summed E-state index contributed by atoms with van der Waals surface area (Å²) in [6.45, 7) is 5.37. The largest absolute Gasteiger partial charge is 0.305 e. The molecule has 0 radical (unpaired) electrons. The van der Waals surface area contributed by atoms with E-state index in [1.54, 1.807) is 0 Å². The third-order valence-electron chi connectivity index (χ3n) is 3.14. The van der Waals surface area contributed by atoms with Gasteiger partial charge in [0, 0.05) is 6.42 Å². The molecule has 0 amide bonds. The maximum absolute atomic E-state index is 4.52. The molecule has 1 unspecified atom stereocenters. The molecule has 1 fully saturated rings. The van der Waals surface area contributed by atoms with E-state index in [4.69, 9.17) is 0 Å². The van der Waals surface area contributed by atoms with Gasteiger partial charge in [-0.3, -0.25) is 5.10 Å². The third-order valence-corrected chi connectivity index (χ3v) is 3.14. The van der Waals surface area contributed by atoms with Crippen LogP contribution in [0.3, 0.4) is 0 Å². The van der Waals surface area contributed by atoms with Crippen LogP contribution in [0.1, 0.15) is 44.8 Å². The van der Waals surface area contributed by atoms with Gasteiger partial charge in [0.2, 0.25) is 0 Å². The van der Waals surface area contributed by atoms with Gasteiger partial charge in [0.05, 0.1) is 5.54 Å². The molecule has 0 spiro atoms. The highest BCUT2D eigenvalue weighted by Crippen LogP contribution is 2.31. The zero-order valence-electron chi connectivity index (χ0n) is 8.93. The van der Waals surface area contributed by atoms with Crippen LogP contribution in [-0.4, -0.2) is 21.7 Å². The van der Waals surface area contributed by atoms with Crippen LogP contribution in [0.25, 0.3) is 0 Å². The highest BCUT2D eigenvalue weighted by Gasteiger charge is 2.36. The molecule has 1 aliphatic rings. The van der Waals surface area contributed by atoms with Crippen LogP contribution in [0.15, 0.2) is 0 Å². The van der Waals surface area contributed by atoms with Crippen LogP contribution in [0.5, 0.6) is 0 Å². The fraction of sp³-hybridized carbons (Fsp3) is 0.800. The van der Waals surface area contributed by atoms with Gasteiger partial charge in [-0.1, -0.05) is 13.8 Å². The monoisotopic (exact) mass is 194 g/mol. The number of aromatic amines is 1. The van der Waals surface area contributed by atoms with Crippen molar-refractivity contribution in [3.63, 3.8) is 0 Å². The SMILES string of the molecule is CCc1nc(C2(CC)CCCN2)n[nH]1. The molecule has 0 bridgehead atoms. The van der Waals surface area contributed by atoms with E-state index in [1.165, 1.54) is 6.42 Å². The van der Waals surface area contributed by atoms with Gasteiger partial charge in [-0.05, 0) is 25.8 Å². The van der Waals surface area contributed by atoms with Crippen molar-refractivity contribution in [3.05, 3.63) is 11.6 Å². The number of aromatic nitrogens is 3. The topological polar surface area (TPSA) is 53.6 Å². The van der Waals surface area contributed by atoms with Gasteiger partial charge in [-0.15, -0.1) is 0 Å². The van der Waals surface area contributed by atoms with Gasteiger partial charge in [-0.2, -0.15) is 5.10 Å². The predicted molar refractivity (Wildman–Crippen MR) is 55.0 cm³/mol. The maximum Gasteiger partial charge on any atom is 0.170 e. The predicted octanol–water partition coefficient (Wildman–Crippen LogP) is 1.36. The Bertz CT molecular complexity index is 299. The molecular formula is C10H18N4. The molecule has 0 aromatic carbocycles. The van der Waals surface area contributed by atoms with Gasteiger partial charge in [0.15, 0.2) is 5.82 Å². The first kappa shape index (κ1) is 9.65. The summed E-state index contributed by atoms with van der Waals surface area (Å²) in [7, 11) is 0. The second-order valence-corrected chi connectivity index (χ2v) is 3.93. The summed E-state index contributed by atoms with van der Waals surface area (Å²) in [4.78, 5) is 4.52. The van der Waals surface area contributed by atoms with Crippen LogP contribution in [-0.2, 0) is 12.0 Å². The molecule has 4 heteroatoms. The Morgan fingerprint density at radius 1 is 1.43 bits per heavy atom. The first-order chi connectivity index (χ1) is 6.80. The van der Waals surface area contributed by atoms with Gasteiger partial charge in [-0.25, -0.2) is 4.98 Å². The Morgan fingerprint density at radius 3 is 2.79 bits per heavy atom. The number of hydrogen-bond acceptors (Lipinski definition) is 3. The Labute approximate surface area is 84.5 Å². The molecule has 0 aliphatic carbocycles. The molecule has 2 N–H and O–H groups in total. The van der Waals surface area contributed by atoms with Crippen molar-refractivity contribution in [1.82, 2.24) is 20.5 Å². The maximum atomic E-state index is 4.52. The number of rotatable bonds is 3. The lowest BCUT2D eigenvalue weighted by Gasteiger charge is -2.24. The molecule has 14 heavy (non-hydrogen) atoms. The summed E-state index contributed by atoms with van der Waals surface area (Å²) in [5, 5.41) is 10.8. The fourth-order valence-electron chi connectivity index (χ4n) is 2.12. The molecule has 1 aromatic rings. The lowest BCUT2D eigenvalue weighted by Crippen LogP contribution is -2.37. The second kappa shape index (κ2) is 3.69. The first-order valence-corrected chi connectivity index (χ1v) is 5.47. The summed E-state index contributed by atoms with van der Waals surface area (Å²) in [5.41, 5.74) is 0.0456. The average Bonchev–Trinajstić information content (AvgIpc) is 2.87. The summed E-state index contributed by atoms with van der Waals surface area (Å²) in [5.74, 6) is 1.94. The minimum absolute atomic E-state index is 0.0456. The van der Waals surface area contributed by atoms with Gasteiger partial charge < -0.3 is 5.32 Å². The van der Waals surface area contributed by atoms with Crippen LogP contribution < -0.4 is 5.32 Å². The minimum atomic E-state index is 0.0456. The fourth-order valence-corrected chi connectivity index (χ4v) is 2.12. The van der Waals surface area contributed by atoms with Crippen molar-refractivity contribution in [2.24, 2.45) is 0 Å². The van der Waals surface area contributed by atoms with Gasteiger partial charge >= 0.3 is 0 Å². The van der Waals surface area contributed by atoms with Gasteiger partial charge in [0.25, 0.3) is 0 Å². The van der Waals surface area contributed by atoms with E-state index in [0.717, 1.165) is 37.5 Å². The lowest BCUT2D eigenvalue weighted by molar-refractivity contribution is 0.354. The number of nitrogens with zero attached hydrogens (tertiary/aromatic N) is 2.